The Labute approximate surface area is 382 Å². The fourth-order valence-corrected chi connectivity index (χ4v) is 8.06. The molecule has 1 aliphatic heterocycles. The van der Waals surface area contributed by atoms with Crippen molar-refractivity contribution in [2.24, 2.45) is 5.73 Å². The van der Waals surface area contributed by atoms with E-state index < -0.39 is 70.9 Å². The number of ketones is 1. The summed E-state index contributed by atoms with van der Waals surface area (Å²) in [4.78, 5) is 89.0. The molecule has 16 heteroatoms. The third kappa shape index (κ3) is 11.3. The molecule has 340 valence electrons. The number of nitrogens with one attached hydrogen (secondary N) is 4. The minimum Gasteiger partial charge on any atom is -0.507 e. The predicted molar refractivity (Wildman–Crippen MR) is 246 cm³/mol. The Bertz CT molecular complexity index is 2510. The number of allylic oxidation sites excluding steroid dienone is 2. The Morgan fingerprint density at radius 2 is 1.65 bits per heavy atom. The zero-order chi connectivity index (χ0) is 47.0. The number of hydrogen-bond donors (Lipinski definition) is 7. The summed E-state index contributed by atoms with van der Waals surface area (Å²) in [6.07, 6.45) is 8.54. The Morgan fingerprint density at radius 1 is 0.938 bits per heavy atom. The van der Waals surface area contributed by atoms with Crippen LogP contribution < -0.4 is 27.0 Å². The Morgan fingerprint density at radius 3 is 2.31 bits per heavy atom. The number of hydrogen-bond acceptors (Lipinski definition) is 10. The first-order valence-corrected chi connectivity index (χ1v) is 21.8. The van der Waals surface area contributed by atoms with Gasteiger partial charge in [0.25, 0.3) is 5.91 Å². The van der Waals surface area contributed by atoms with Crippen molar-refractivity contribution >= 4 is 46.9 Å². The van der Waals surface area contributed by atoms with Crippen LogP contribution in [0.5, 0.6) is 11.5 Å². The maximum Gasteiger partial charge on any atom is 0.251 e. The van der Waals surface area contributed by atoms with E-state index in [1.54, 1.807) is 24.3 Å². The molecule has 1 aromatic heterocycles. The standard InChI is InChI=1S/C49H54ClN7O8/c1-28(43(60)37-9-6-8-24-52-37)53-46(63)39-26-30-11-17-40(58)35(25-30)36-27-32(12-18-41(36)59)42(47(64)54-29(2)44(61)56-39)57(4)48(65)38(10-5-7-23-51)55-45(62)31-19-21-49(3,22-20-31)33-13-15-34(50)16-14-33/h6,8-9,11-21,24-25,27-29,38-39,42,58-59H,5,7,10,22-23,26,51H2,1-4H3,(H,53,63)(H,54,64)(H,55,62)(H,56,61)/t28-,29-,38-,39-,42-,49?/m0/s1. The molecule has 6 rings (SSSR count). The number of rotatable bonds is 13. The lowest BCUT2D eigenvalue weighted by Crippen LogP contribution is -2.57. The van der Waals surface area contributed by atoms with Gasteiger partial charge in [0.2, 0.25) is 29.4 Å². The minimum atomic E-state index is -1.44. The number of phenolic OH excluding ortho intramolecular Hbond substituents is 2. The molecular formula is C49H54ClN7O8. The molecule has 0 saturated heterocycles. The molecule has 2 aliphatic rings. The summed E-state index contributed by atoms with van der Waals surface area (Å²) >= 11 is 6.11. The molecule has 15 nitrogen and oxygen atoms in total. The zero-order valence-electron chi connectivity index (χ0n) is 36.6. The second kappa shape index (κ2) is 20.8. The molecule has 3 aromatic carbocycles. The van der Waals surface area contributed by atoms with Crippen molar-refractivity contribution in [3.05, 3.63) is 136 Å². The number of likely N-dealkylation sites (N-methyl/N-ethyl adjacent to an activating group) is 1. The van der Waals surface area contributed by atoms with Crippen molar-refractivity contribution < 1.29 is 39.0 Å². The van der Waals surface area contributed by atoms with Gasteiger partial charge in [-0.05, 0) is 111 Å². The fraction of sp³-hybridized carbons (Fsp3) is 0.327. The Balaban J connectivity index is 1.30. The van der Waals surface area contributed by atoms with Gasteiger partial charge < -0.3 is 42.1 Å². The van der Waals surface area contributed by atoms with E-state index in [1.165, 1.54) is 68.4 Å². The van der Waals surface area contributed by atoms with E-state index >= 15 is 0 Å². The largest absolute Gasteiger partial charge is 0.507 e. The van der Waals surface area contributed by atoms with E-state index in [9.17, 15) is 39.0 Å². The highest BCUT2D eigenvalue weighted by atomic mass is 35.5. The third-order valence-electron chi connectivity index (χ3n) is 11.9. The molecule has 2 heterocycles. The van der Waals surface area contributed by atoms with E-state index in [0.717, 1.165) is 5.56 Å². The number of nitrogens with zero attached hydrogens (tertiary/aromatic N) is 2. The number of phenols is 2. The third-order valence-corrected chi connectivity index (χ3v) is 12.1. The smallest absolute Gasteiger partial charge is 0.251 e. The lowest BCUT2D eigenvalue weighted by Gasteiger charge is -2.33. The predicted octanol–water partition coefficient (Wildman–Crippen LogP) is 4.70. The highest BCUT2D eigenvalue weighted by molar-refractivity contribution is 6.30. The first kappa shape index (κ1) is 47.6. The number of amides is 5. The second-order valence-corrected chi connectivity index (χ2v) is 17.2. The molecule has 4 aromatic rings. The summed E-state index contributed by atoms with van der Waals surface area (Å²) in [5, 5.41) is 33.8. The van der Waals surface area contributed by atoms with Crippen LogP contribution in [0.2, 0.25) is 5.02 Å². The molecule has 65 heavy (non-hydrogen) atoms. The maximum atomic E-state index is 14.7. The van der Waals surface area contributed by atoms with Gasteiger partial charge in [-0.2, -0.15) is 0 Å². The summed E-state index contributed by atoms with van der Waals surface area (Å²) in [7, 11) is 1.40. The van der Waals surface area contributed by atoms with E-state index in [4.69, 9.17) is 17.3 Å². The van der Waals surface area contributed by atoms with Gasteiger partial charge in [-0.3, -0.25) is 33.8 Å². The molecule has 1 unspecified atom stereocenters. The average molecular weight is 904 g/mol. The van der Waals surface area contributed by atoms with Crippen LogP contribution >= 0.6 is 11.6 Å². The average Bonchev–Trinajstić information content (AvgIpc) is 3.29. The number of carbonyl (C=O) groups is 6. The number of aromatic nitrogens is 1. The van der Waals surface area contributed by atoms with Crippen molar-refractivity contribution in [3.8, 4) is 22.6 Å². The Kier molecular flexibility index (Phi) is 15.2. The van der Waals surface area contributed by atoms with Crippen LogP contribution in [0.3, 0.4) is 0 Å². The summed E-state index contributed by atoms with van der Waals surface area (Å²) < 4.78 is 0. The number of fused-ring (bicyclic) bond motifs is 5. The summed E-state index contributed by atoms with van der Waals surface area (Å²) in [6, 6.07) is 14.9. The maximum absolute atomic E-state index is 14.7. The summed E-state index contributed by atoms with van der Waals surface area (Å²) in [6.45, 7) is 5.31. The number of unbranched alkanes of at least 4 members (excludes halogenated alkanes) is 1. The minimum absolute atomic E-state index is 0.109. The van der Waals surface area contributed by atoms with Gasteiger partial charge in [-0.25, -0.2) is 0 Å². The van der Waals surface area contributed by atoms with Crippen molar-refractivity contribution in [2.45, 2.75) is 88.5 Å². The van der Waals surface area contributed by atoms with Gasteiger partial charge in [-0.1, -0.05) is 67.1 Å². The number of aromatic hydroxyl groups is 2. The quantitative estimate of drug-likeness (QED) is 0.0722. The van der Waals surface area contributed by atoms with Gasteiger partial charge in [0.1, 0.15) is 41.4 Å². The highest BCUT2D eigenvalue weighted by Gasteiger charge is 2.37. The molecule has 0 fully saturated rings. The molecule has 4 bridgehead atoms. The van der Waals surface area contributed by atoms with Gasteiger partial charge >= 0.3 is 0 Å². The SMILES string of the molecule is C[C@@H]1NC(=O)[C@@H](N(C)C(=O)[C@H](CCCCN)NC(=O)C2=CCC(C)(c3ccc(Cl)cc3)C=C2)c2ccc(O)c(c2)-c2cc(ccc2O)C[C@@H](C(=O)N[C@@H](C)C(=O)c2ccccn2)NC1=O. The fourth-order valence-electron chi connectivity index (χ4n) is 7.94. The lowest BCUT2D eigenvalue weighted by molar-refractivity contribution is -0.142. The number of Topliss-reactive ketones (excluding diaryl/α,β-unsaturated/α-hetero) is 1. The highest BCUT2D eigenvalue weighted by Crippen LogP contribution is 2.39. The number of nitrogens with two attached hydrogens (primary N) is 1. The van der Waals surface area contributed by atoms with Crippen LogP contribution in [0.1, 0.15) is 79.7 Å². The van der Waals surface area contributed by atoms with Gasteiger partial charge in [0.05, 0.1) is 6.04 Å². The molecule has 0 radical (unpaired) electrons. The molecule has 5 amide bonds. The molecule has 6 atom stereocenters. The molecule has 8 N–H and O–H groups in total. The van der Waals surface area contributed by atoms with Crippen LogP contribution in [0.25, 0.3) is 11.1 Å². The summed E-state index contributed by atoms with van der Waals surface area (Å²) in [5.41, 5.74) is 7.86. The van der Waals surface area contributed by atoms with Crippen molar-refractivity contribution in [2.75, 3.05) is 13.6 Å². The van der Waals surface area contributed by atoms with E-state index in [0.29, 0.717) is 42.0 Å². The van der Waals surface area contributed by atoms with Crippen molar-refractivity contribution in [1.29, 1.82) is 0 Å². The molecule has 0 saturated carbocycles. The number of benzene rings is 3. The van der Waals surface area contributed by atoms with Gasteiger partial charge in [0, 0.05) is 46.8 Å². The monoisotopic (exact) mass is 903 g/mol. The topological polar surface area (TPSA) is 233 Å². The van der Waals surface area contributed by atoms with E-state index in [2.05, 4.69) is 26.3 Å². The van der Waals surface area contributed by atoms with Crippen molar-refractivity contribution in [3.63, 3.8) is 0 Å². The lowest BCUT2D eigenvalue weighted by atomic mass is 9.76. The van der Waals surface area contributed by atoms with Crippen LogP contribution in [0, 0.1) is 0 Å². The van der Waals surface area contributed by atoms with Crippen LogP contribution in [0.15, 0.2) is 109 Å². The van der Waals surface area contributed by atoms with Crippen LogP contribution in [0.4, 0.5) is 0 Å². The van der Waals surface area contributed by atoms with Gasteiger partial charge in [0.15, 0.2) is 0 Å². The number of halogens is 1. The number of carbonyl (C=O) groups excluding carboxylic acids is 6. The molecular weight excluding hydrogens is 850 g/mol. The van der Waals surface area contributed by atoms with Crippen LogP contribution in [-0.2, 0) is 35.8 Å². The molecule has 0 spiro atoms. The van der Waals surface area contributed by atoms with Crippen LogP contribution in [-0.4, -0.2) is 93.2 Å². The molecule has 1 aliphatic carbocycles. The van der Waals surface area contributed by atoms with E-state index in [1.807, 2.05) is 43.3 Å². The second-order valence-electron chi connectivity index (χ2n) is 16.7. The first-order valence-electron chi connectivity index (χ1n) is 21.4. The summed E-state index contributed by atoms with van der Waals surface area (Å²) in [5.74, 6) is -4.31. The normalized spacial score (nSPS) is 20.5. The van der Waals surface area contributed by atoms with E-state index in [-0.39, 0.29) is 46.7 Å². The zero-order valence-corrected chi connectivity index (χ0v) is 37.4. The Hall–Kier alpha value is -6.84. The number of pyridine rings is 1. The van der Waals surface area contributed by atoms with Gasteiger partial charge in [-0.15, -0.1) is 0 Å². The van der Waals surface area contributed by atoms with Crippen molar-refractivity contribution in [1.82, 2.24) is 31.2 Å². The first-order chi connectivity index (χ1) is 31.0.